The van der Waals surface area contributed by atoms with Crippen LogP contribution in [0.5, 0.6) is 0 Å². The standard InChI is InChI=1S/C13H17F3N4O2/c1-5-10(21)19(3)8-11(22)18(2)6-9-7-20(4)17-12(9)13(14,15)16/h5,7H,1,6,8H2,2-4H3. The predicted octanol–water partition coefficient (Wildman–Crippen LogP) is 1.04. The van der Waals surface area contributed by atoms with Crippen molar-refractivity contribution in [2.24, 2.45) is 7.05 Å². The Morgan fingerprint density at radius 3 is 2.45 bits per heavy atom. The molecule has 6 nitrogen and oxygen atoms in total. The first kappa shape index (κ1) is 17.7. The highest BCUT2D eigenvalue weighted by Gasteiger charge is 2.37. The van der Waals surface area contributed by atoms with Gasteiger partial charge in [0.2, 0.25) is 11.8 Å². The maximum absolute atomic E-state index is 12.8. The van der Waals surface area contributed by atoms with Gasteiger partial charge in [0.05, 0.1) is 6.54 Å². The molecule has 0 spiro atoms. The Morgan fingerprint density at radius 1 is 1.36 bits per heavy atom. The van der Waals surface area contributed by atoms with Gasteiger partial charge in [-0.3, -0.25) is 14.3 Å². The normalized spacial score (nSPS) is 11.2. The Bertz CT molecular complexity index is 580. The molecule has 0 bridgehead atoms. The zero-order valence-electron chi connectivity index (χ0n) is 12.5. The SMILES string of the molecule is C=CC(=O)N(C)CC(=O)N(C)Cc1cn(C)nc1C(F)(F)F. The smallest absolute Gasteiger partial charge is 0.340 e. The molecule has 0 saturated carbocycles. The average molecular weight is 318 g/mol. The van der Waals surface area contributed by atoms with Crippen molar-refractivity contribution in [3.05, 3.63) is 30.1 Å². The van der Waals surface area contributed by atoms with E-state index in [1.807, 2.05) is 0 Å². The average Bonchev–Trinajstić information content (AvgIpc) is 2.78. The minimum atomic E-state index is -4.59. The second-order valence-corrected chi connectivity index (χ2v) is 4.82. The fourth-order valence-electron chi connectivity index (χ4n) is 1.79. The lowest BCUT2D eigenvalue weighted by atomic mass is 10.2. The molecule has 1 rings (SSSR count). The summed E-state index contributed by atoms with van der Waals surface area (Å²) in [6, 6.07) is 0. The molecule has 0 atom stereocenters. The summed E-state index contributed by atoms with van der Waals surface area (Å²) in [5.74, 6) is -0.936. The zero-order valence-corrected chi connectivity index (χ0v) is 12.5. The number of alkyl halides is 3. The van der Waals surface area contributed by atoms with Gasteiger partial charge in [-0.2, -0.15) is 18.3 Å². The minimum Gasteiger partial charge on any atom is -0.340 e. The number of hydrogen-bond acceptors (Lipinski definition) is 3. The summed E-state index contributed by atoms with van der Waals surface area (Å²) in [5.41, 5.74) is -1.13. The van der Waals surface area contributed by atoms with Crippen molar-refractivity contribution < 1.29 is 22.8 Å². The van der Waals surface area contributed by atoms with Crippen LogP contribution in [0.2, 0.25) is 0 Å². The minimum absolute atomic E-state index is 0.108. The second kappa shape index (κ2) is 6.63. The highest BCUT2D eigenvalue weighted by atomic mass is 19.4. The van der Waals surface area contributed by atoms with Crippen molar-refractivity contribution in [2.75, 3.05) is 20.6 Å². The molecule has 0 aliphatic carbocycles. The molecule has 0 aliphatic rings. The van der Waals surface area contributed by atoms with Crippen molar-refractivity contribution in [1.29, 1.82) is 0 Å². The van der Waals surface area contributed by atoms with Gasteiger partial charge in [-0.05, 0) is 6.08 Å². The van der Waals surface area contributed by atoms with E-state index < -0.39 is 23.7 Å². The van der Waals surface area contributed by atoms with Crippen molar-refractivity contribution in [3.8, 4) is 0 Å². The van der Waals surface area contributed by atoms with Crippen LogP contribution < -0.4 is 0 Å². The van der Waals surface area contributed by atoms with Gasteiger partial charge < -0.3 is 9.80 Å². The number of amides is 2. The molecule has 9 heteroatoms. The molecule has 1 aromatic rings. The summed E-state index contributed by atoms with van der Waals surface area (Å²) in [5, 5.41) is 3.37. The Hall–Kier alpha value is -2.32. The molecule has 0 fully saturated rings. The van der Waals surface area contributed by atoms with Gasteiger partial charge in [0.15, 0.2) is 5.69 Å². The number of halogens is 3. The first-order valence-corrected chi connectivity index (χ1v) is 6.27. The lowest BCUT2D eigenvalue weighted by molar-refractivity contribution is -0.143. The van der Waals surface area contributed by atoms with E-state index >= 15 is 0 Å². The first-order chi connectivity index (χ1) is 10.1. The molecular formula is C13H17F3N4O2. The fraction of sp³-hybridized carbons (Fsp3) is 0.462. The summed E-state index contributed by atoms with van der Waals surface area (Å²) in [4.78, 5) is 25.5. The van der Waals surface area contributed by atoms with Crippen molar-refractivity contribution in [3.63, 3.8) is 0 Å². The largest absolute Gasteiger partial charge is 0.435 e. The summed E-state index contributed by atoms with van der Waals surface area (Å²) >= 11 is 0. The molecule has 0 aromatic carbocycles. The summed E-state index contributed by atoms with van der Waals surface area (Å²) in [6.45, 7) is 2.79. The predicted molar refractivity (Wildman–Crippen MR) is 72.5 cm³/mol. The van der Waals surface area contributed by atoms with E-state index in [0.717, 1.165) is 20.6 Å². The number of carbonyl (C=O) groups is 2. The first-order valence-electron chi connectivity index (χ1n) is 6.27. The van der Waals surface area contributed by atoms with Crippen LogP contribution in [0.15, 0.2) is 18.9 Å². The molecule has 0 N–H and O–H groups in total. The van der Waals surface area contributed by atoms with E-state index in [1.54, 1.807) is 0 Å². The van der Waals surface area contributed by atoms with E-state index in [-0.39, 0.29) is 18.7 Å². The van der Waals surface area contributed by atoms with Gasteiger partial charge in [0.1, 0.15) is 0 Å². The lowest BCUT2D eigenvalue weighted by Gasteiger charge is -2.21. The number of aromatic nitrogens is 2. The second-order valence-electron chi connectivity index (χ2n) is 4.82. The van der Waals surface area contributed by atoms with E-state index in [4.69, 9.17) is 0 Å². The van der Waals surface area contributed by atoms with Gasteiger partial charge in [0.25, 0.3) is 0 Å². The van der Waals surface area contributed by atoms with Crippen LogP contribution in [0, 0.1) is 0 Å². The van der Waals surface area contributed by atoms with Crippen LogP contribution in [0.4, 0.5) is 13.2 Å². The number of aryl methyl sites for hydroxylation is 1. The van der Waals surface area contributed by atoms with Gasteiger partial charge >= 0.3 is 6.18 Å². The van der Waals surface area contributed by atoms with Gasteiger partial charge in [-0.25, -0.2) is 0 Å². The number of nitrogens with zero attached hydrogens (tertiary/aromatic N) is 4. The van der Waals surface area contributed by atoms with Crippen LogP contribution in [0.25, 0.3) is 0 Å². The van der Waals surface area contributed by atoms with Crippen LogP contribution >= 0.6 is 0 Å². The maximum Gasteiger partial charge on any atom is 0.435 e. The van der Waals surface area contributed by atoms with Crippen LogP contribution in [-0.2, 0) is 29.4 Å². The molecule has 0 saturated heterocycles. The van der Waals surface area contributed by atoms with Gasteiger partial charge in [0, 0.05) is 39.4 Å². The molecule has 0 aliphatic heterocycles. The molecule has 0 unspecified atom stereocenters. The van der Waals surface area contributed by atoms with E-state index in [0.29, 0.717) is 0 Å². The monoisotopic (exact) mass is 318 g/mol. The number of rotatable bonds is 5. The third-order valence-corrected chi connectivity index (χ3v) is 2.93. The van der Waals surface area contributed by atoms with Crippen molar-refractivity contribution in [2.45, 2.75) is 12.7 Å². The summed E-state index contributed by atoms with van der Waals surface area (Å²) in [7, 11) is 4.14. The third kappa shape index (κ3) is 4.34. The van der Waals surface area contributed by atoms with E-state index in [1.165, 1.54) is 27.3 Å². The highest BCUT2D eigenvalue weighted by molar-refractivity contribution is 5.90. The van der Waals surface area contributed by atoms with Crippen molar-refractivity contribution >= 4 is 11.8 Å². The topological polar surface area (TPSA) is 58.4 Å². The highest BCUT2D eigenvalue weighted by Crippen LogP contribution is 2.30. The lowest BCUT2D eigenvalue weighted by Crippen LogP contribution is -2.38. The Balaban J connectivity index is 2.81. The summed E-state index contributed by atoms with van der Waals surface area (Å²) < 4.78 is 39.5. The van der Waals surface area contributed by atoms with E-state index in [2.05, 4.69) is 11.7 Å². The zero-order chi connectivity index (χ0) is 17.1. The van der Waals surface area contributed by atoms with Gasteiger partial charge in [-0.1, -0.05) is 6.58 Å². The molecular weight excluding hydrogens is 301 g/mol. The molecule has 1 heterocycles. The van der Waals surface area contributed by atoms with Gasteiger partial charge in [-0.15, -0.1) is 0 Å². The fourth-order valence-corrected chi connectivity index (χ4v) is 1.79. The van der Waals surface area contributed by atoms with Crippen LogP contribution in [0.1, 0.15) is 11.3 Å². The molecule has 122 valence electrons. The van der Waals surface area contributed by atoms with Crippen LogP contribution in [0.3, 0.4) is 0 Å². The third-order valence-electron chi connectivity index (χ3n) is 2.93. The Kier molecular flexibility index (Phi) is 5.34. The maximum atomic E-state index is 12.8. The van der Waals surface area contributed by atoms with E-state index in [9.17, 15) is 22.8 Å². The number of carbonyl (C=O) groups excluding carboxylic acids is 2. The number of hydrogen-bond donors (Lipinski definition) is 0. The number of likely N-dealkylation sites (N-methyl/N-ethyl adjacent to an activating group) is 2. The molecule has 2 amide bonds. The molecule has 22 heavy (non-hydrogen) atoms. The Labute approximate surface area is 125 Å². The van der Waals surface area contributed by atoms with Crippen LogP contribution in [-0.4, -0.2) is 52.0 Å². The molecule has 1 aromatic heterocycles. The Morgan fingerprint density at radius 2 is 1.95 bits per heavy atom. The quantitative estimate of drug-likeness (QED) is 0.762. The summed E-state index contributed by atoms with van der Waals surface area (Å²) in [6.07, 6.45) is -2.32. The van der Waals surface area contributed by atoms with Crippen molar-refractivity contribution in [1.82, 2.24) is 19.6 Å². The molecule has 0 radical (unpaired) electrons.